The van der Waals surface area contributed by atoms with Gasteiger partial charge in [0.1, 0.15) is 5.84 Å². The molecule has 0 saturated carbocycles. The number of aliphatic imine (C=N–C) groups is 1. The molecule has 82 valence electrons. The molecule has 2 nitrogen and oxygen atoms in total. The van der Waals surface area contributed by atoms with Gasteiger partial charge in [0.25, 0.3) is 0 Å². The van der Waals surface area contributed by atoms with Crippen LogP contribution in [-0.4, -0.2) is 5.84 Å². The van der Waals surface area contributed by atoms with E-state index in [0.29, 0.717) is 5.84 Å². The Labute approximate surface area is 107 Å². The highest BCUT2D eigenvalue weighted by Crippen LogP contribution is 2.29. The maximum atomic E-state index is 5.91. The van der Waals surface area contributed by atoms with Crippen LogP contribution in [0.5, 0.6) is 0 Å². The third kappa shape index (κ3) is 3.61. The molecule has 0 atom stereocenters. The van der Waals surface area contributed by atoms with E-state index in [1.54, 1.807) is 0 Å². The maximum absolute atomic E-state index is 5.91. The fourth-order valence-corrected chi connectivity index (χ4v) is 2.01. The normalized spacial score (nSPS) is 13.0. The second-order valence-corrected chi connectivity index (χ2v) is 6.11. The van der Waals surface area contributed by atoms with E-state index in [1.165, 1.54) is 0 Å². The van der Waals surface area contributed by atoms with Crippen LogP contribution in [0.3, 0.4) is 0 Å². The first-order valence-electron chi connectivity index (χ1n) is 4.60. The molecule has 0 unspecified atom stereocenters. The van der Waals surface area contributed by atoms with Crippen LogP contribution in [0.15, 0.2) is 32.1 Å². The molecule has 0 fully saturated rings. The van der Waals surface area contributed by atoms with Crippen molar-refractivity contribution in [3.63, 3.8) is 0 Å². The van der Waals surface area contributed by atoms with Crippen molar-refractivity contribution >= 4 is 43.4 Å². The number of halogens is 2. The van der Waals surface area contributed by atoms with Gasteiger partial charge in [0.15, 0.2) is 0 Å². The molecule has 1 aromatic rings. The quantitative estimate of drug-likeness (QED) is 0.605. The molecule has 0 saturated heterocycles. The maximum Gasteiger partial charge on any atom is 0.105 e. The molecular weight excluding hydrogens is 320 g/mol. The summed E-state index contributed by atoms with van der Waals surface area (Å²) in [6, 6.07) is 5.82. The number of benzene rings is 1. The van der Waals surface area contributed by atoms with Gasteiger partial charge in [-0.2, -0.15) is 0 Å². The molecule has 0 aliphatic heterocycles. The molecule has 0 spiro atoms. The summed E-state index contributed by atoms with van der Waals surface area (Å²) in [5.41, 5.74) is 6.65. The largest absolute Gasteiger partial charge is 0.387 e. The van der Waals surface area contributed by atoms with E-state index in [1.807, 2.05) is 39.0 Å². The Morgan fingerprint density at radius 3 is 2.33 bits per heavy atom. The van der Waals surface area contributed by atoms with Crippen molar-refractivity contribution in [2.75, 3.05) is 0 Å². The summed E-state index contributed by atoms with van der Waals surface area (Å²) in [7, 11) is 0. The monoisotopic (exact) mass is 332 g/mol. The first-order valence-corrected chi connectivity index (χ1v) is 6.19. The van der Waals surface area contributed by atoms with Gasteiger partial charge in [0, 0.05) is 14.4 Å². The van der Waals surface area contributed by atoms with Crippen LogP contribution in [-0.2, 0) is 0 Å². The fourth-order valence-electron chi connectivity index (χ4n) is 0.869. The van der Waals surface area contributed by atoms with E-state index in [9.17, 15) is 0 Å². The van der Waals surface area contributed by atoms with Gasteiger partial charge in [0.05, 0.1) is 5.69 Å². The van der Waals surface area contributed by atoms with E-state index in [0.717, 1.165) is 14.6 Å². The predicted octanol–water partition coefficient (Wildman–Crippen LogP) is 4.25. The summed E-state index contributed by atoms with van der Waals surface area (Å²) < 4.78 is 1.95. The van der Waals surface area contributed by atoms with Gasteiger partial charge < -0.3 is 5.73 Å². The smallest absolute Gasteiger partial charge is 0.105 e. The number of nitrogens with zero attached hydrogens (tertiary/aromatic N) is 1. The zero-order valence-corrected chi connectivity index (χ0v) is 12.2. The summed E-state index contributed by atoms with van der Waals surface area (Å²) >= 11 is 6.84. The Kier molecular flexibility index (Phi) is 3.95. The van der Waals surface area contributed by atoms with Gasteiger partial charge in [-0.15, -0.1) is 0 Å². The molecule has 1 aromatic carbocycles. The van der Waals surface area contributed by atoms with E-state index in [-0.39, 0.29) is 5.41 Å². The molecule has 1 rings (SSSR count). The van der Waals surface area contributed by atoms with Crippen molar-refractivity contribution in [1.82, 2.24) is 0 Å². The zero-order chi connectivity index (χ0) is 11.6. The van der Waals surface area contributed by atoms with Crippen LogP contribution in [0.4, 0.5) is 5.69 Å². The SMILES string of the molecule is CC(C)(C)C(N)=Nc1ccc(Br)cc1Br. The van der Waals surface area contributed by atoms with E-state index in [4.69, 9.17) is 5.73 Å². The third-order valence-corrected chi connectivity index (χ3v) is 3.05. The molecule has 0 radical (unpaired) electrons. The number of rotatable bonds is 1. The summed E-state index contributed by atoms with van der Waals surface area (Å²) in [6.45, 7) is 6.12. The Morgan fingerprint density at radius 2 is 1.87 bits per heavy atom. The van der Waals surface area contributed by atoms with Crippen molar-refractivity contribution in [3.8, 4) is 0 Å². The summed E-state index contributed by atoms with van der Waals surface area (Å²) in [4.78, 5) is 4.40. The van der Waals surface area contributed by atoms with Crippen LogP contribution >= 0.6 is 31.9 Å². The lowest BCUT2D eigenvalue weighted by Gasteiger charge is -2.17. The average Bonchev–Trinajstić information content (AvgIpc) is 2.08. The van der Waals surface area contributed by atoms with Crippen molar-refractivity contribution in [2.24, 2.45) is 16.1 Å². The van der Waals surface area contributed by atoms with Crippen LogP contribution in [0.1, 0.15) is 20.8 Å². The van der Waals surface area contributed by atoms with E-state index < -0.39 is 0 Å². The van der Waals surface area contributed by atoms with Crippen LogP contribution in [0.25, 0.3) is 0 Å². The van der Waals surface area contributed by atoms with Gasteiger partial charge in [0.2, 0.25) is 0 Å². The van der Waals surface area contributed by atoms with Crippen LogP contribution in [0.2, 0.25) is 0 Å². The molecule has 0 aliphatic rings. The molecule has 0 aromatic heterocycles. The van der Waals surface area contributed by atoms with Gasteiger partial charge >= 0.3 is 0 Å². The van der Waals surface area contributed by atoms with Gasteiger partial charge in [-0.05, 0) is 34.1 Å². The molecule has 15 heavy (non-hydrogen) atoms. The van der Waals surface area contributed by atoms with Crippen LogP contribution < -0.4 is 5.73 Å². The minimum absolute atomic E-state index is 0.105. The summed E-state index contributed by atoms with van der Waals surface area (Å²) in [5, 5.41) is 0. The lowest BCUT2D eigenvalue weighted by molar-refractivity contribution is 0.585. The average molecular weight is 334 g/mol. The van der Waals surface area contributed by atoms with Gasteiger partial charge in [-0.1, -0.05) is 36.7 Å². The Balaban J connectivity index is 3.09. The van der Waals surface area contributed by atoms with Crippen LogP contribution in [0, 0.1) is 5.41 Å². The lowest BCUT2D eigenvalue weighted by atomic mass is 9.95. The Morgan fingerprint density at radius 1 is 1.27 bits per heavy atom. The fraction of sp³-hybridized carbons (Fsp3) is 0.364. The Hall–Kier alpha value is -0.350. The highest BCUT2D eigenvalue weighted by Gasteiger charge is 2.15. The minimum Gasteiger partial charge on any atom is -0.387 e. The first-order chi connectivity index (χ1) is 6.80. The van der Waals surface area contributed by atoms with Crippen molar-refractivity contribution in [1.29, 1.82) is 0 Å². The number of hydrogen-bond acceptors (Lipinski definition) is 1. The predicted molar refractivity (Wildman–Crippen MR) is 72.6 cm³/mol. The minimum atomic E-state index is -0.105. The third-order valence-electron chi connectivity index (χ3n) is 1.92. The van der Waals surface area contributed by atoms with E-state index in [2.05, 4.69) is 36.9 Å². The highest BCUT2D eigenvalue weighted by atomic mass is 79.9. The van der Waals surface area contributed by atoms with Crippen molar-refractivity contribution in [3.05, 3.63) is 27.1 Å². The number of amidine groups is 1. The molecule has 0 aliphatic carbocycles. The second-order valence-electron chi connectivity index (χ2n) is 4.34. The van der Waals surface area contributed by atoms with Crippen molar-refractivity contribution in [2.45, 2.75) is 20.8 Å². The standard InChI is InChI=1S/C11H14Br2N2/c1-11(2,3)10(14)15-9-5-4-7(12)6-8(9)13/h4-6H,1-3H3,(H2,14,15). The van der Waals surface area contributed by atoms with E-state index >= 15 is 0 Å². The van der Waals surface area contributed by atoms with Crippen molar-refractivity contribution < 1.29 is 0 Å². The number of hydrogen-bond donors (Lipinski definition) is 1. The second kappa shape index (κ2) is 4.66. The summed E-state index contributed by atoms with van der Waals surface area (Å²) in [6.07, 6.45) is 0. The zero-order valence-electron chi connectivity index (χ0n) is 9.01. The molecular formula is C11H14Br2N2. The first kappa shape index (κ1) is 12.7. The topological polar surface area (TPSA) is 38.4 Å². The molecule has 0 bridgehead atoms. The molecule has 0 amide bonds. The van der Waals surface area contributed by atoms with Gasteiger partial charge in [-0.3, -0.25) is 0 Å². The molecule has 4 heteroatoms. The summed E-state index contributed by atoms with van der Waals surface area (Å²) in [5.74, 6) is 0.630. The highest BCUT2D eigenvalue weighted by molar-refractivity contribution is 9.11. The molecule has 2 N–H and O–H groups in total. The van der Waals surface area contributed by atoms with Gasteiger partial charge in [-0.25, -0.2) is 4.99 Å². The lowest BCUT2D eigenvalue weighted by Crippen LogP contribution is -2.28. The number of nitrogens with two attached hydrogens (primary N) is 1. The molecule has 0 heterocycles. The Bertz CT molecular complexity index is 392.